The zero-order valence-corrected chi connectivity index (χ0v) is 15.0. The lowest BCUT2D eigenvalue weighted by Crippen LogP contribution is -2.30. The first-order valence-electron chi connectivity index (χ1n) is 7.18. The fraction of sp³-hybridized carbons (Fsp3) is 0.600. The average Bonchev–Trinajstić information content (AvgIpc) is 2.78. The molecule has 4 nitrogen and oxygen atoms in total. The summed E-state index contributed by atoms with van der Waals surface area (Å²) in [5.74, 6) is 0. The molecule has 0 bridgehead atoms. The highest BCUT2D eigenvalue weighted by Crippen LogP contribution is 2.29. The Kier molecular flexibility index (Phi) is 7.06. The Labute approximate surface area is 132 Å². The highest BCUT2D eigenvalue weighted by molar-refractivity contribution is 7.89. The molecule has 0 aliphatic heterocycles. The second-order valence-corrected chi connectivity index (χ2v) is 8.41. The molecule has 0 atom stereocenters. The third kappa shape index (κ3) is 4.92. The van der Waals surface area contributed by atoms with Gasteiger partial charge in [0.2, 0.25) is 10.0 Å². The van der Waals surface area contributed by atoms with Gasteiger partial charge in [0, 0.05) is 31.1 Å². The van der Waals surface area contributed by atoms with Gasteiger partial charge >= 0.3 is 0 Å². The van der Waals surface area contributed by atoms with Crippen molar-refractivity contribution in [2.75, 3.05) is 13.6 Å². The summed E-state index contributed by atoms with van der Waals surface area (Å²) in [5.41, 5.74) is 0.830. The summed E-state index contributed by atoms with van der Waals surface area (Å²) < 4.78 is 27.0. The number of aryl methyl sites for hydroxylation is 1. The Bertz CT molecular complexity index is 562. The van der Waals surface area contributed by atoms with Crippen molar-refractivity contribution in [1.29, 1.82) is 0 Å². The van der Waals surface area contributed by atoms with Gasteiger partial charge in [0.05, 0.1) is 0 Å². The van der Waals surface area contributed by atoms with Crippen LogP contribution in [0.15, 0.2) is 22.9 Å². The summed E-state index contributed by atoms with van der Waals surface area (Å²) in [4.78, 5) is 1.36. The van der Waals surface area contributed by atoms with Crippen molar-refractivity contribution in [3.63, 3.8) is 0 Å². The summed E-state index contributed by atoms with van der Waals surface area (Å²) in [5, 5.41) is 5.21. The van der Waals surface area contributed by atoms with Gasteiger partial charge in [-0.2, -0.15) is 0 Å². The van der Waals surface area contributed by atoms with E-state index in [0.29, 0.717) is 24.0 Å². The van der Waals surface area contributed by atoms with Crippen LogP contribution >= 0.6 is 11.3 Å². The van der Waals surface area contributed by atoms with Crippen LogP contribution in [0.3, 0.4) is 0 Å². The predicted molar refractivity (Wildman–Crippen MR) is 90.3 cm³/mol. The van der Waals surface area contributed by atoms with Crippen LogP contribution in [0.5, 0.6) is 0 Å². The zero-order valence-electron chi connectivity index (χ0n) is 13.3. The van der Waals surface area contributed by atoms with Gasteiger partial charge in [-0.1, -0.05) is 19.9 Å². The van der Waals surface area contributed by atoms with E-state index in [0.717, 1.165) is 23.3 Å². The number of nitrogens with one attached hydrogen (secondary N) is 1. The summed E-state index contributed by atoms with van der Waals surface area (Å²) >= 11 is 1.51. The smallest absolute Gasteiger partial charge is 0.244 e. The molecule has 0 radical (unpaired) electrons. The molecule has 0 spiro atoms. The van der Waals surface area contributed by atoms with E-state index in [1.807, 2.05) is 18.4 Å². The van der Waals surface area contributed by atoms with Gasteiger partial charge in [0.25, 0.3) is 0 Å². The van der Waals surface area contributed by atoms with Crippen LogP contribution < -0.4 is 5.32 Å². The number of rotatable bonds is 9. The van der Waals surface area contributed by atoms with Crippen LogP contribution in [0.4, 0.5) is 0 Å². The summed E-state index contributed by atoms with van der Waals surface area (Å²) in [6.07, 6.45) is 3.43. The Morgan fingerprint density at radius 3 is 2.71 bits per heavy atom. The third-order valence-electron chi connectivity index (χ3n) is 3.21. The van der Waals surface area contributed by atoms with Gasteiger partial charge in [-0.25, -0.2) is 12.7 Å². The molecule has 0 aromatic carbocycles. The molecule has 1 aromatic rings. The standard InChI is InChI=1S/C15H26N2O2S2/c1-6-7-8-9-17(5)21(18,19)15-13(4)11-20-14(15)10-16-12(2)3/h6,11-12,16H,1,7-10H2,2-5H3. The largest absolute Gasteiger partial charge is 0.310 e. The average molecular weight is 331 g/mol. The molecule has 6 heteroatoms. The van der Waals surface area contributed by atoms with Crippen LogP contribution in [-0.4, -0.2) is 32.4 Å². The van der Waals surface area contributed by atoms with E-state index in [1.165, 1.54) is 15.6 Å². The molecule has 0 saturated heterocycles. The molecule has 21 heavy (non-hydrogen) atoms. The lowest BCUT2D eigenvalue weighted by Gasteiger charge is -2.18. The number of allylic oxidation sites excluding steroid dienone is 1. The number of hydrogen-bond acceptors (Lipinski definition) is 4. The number of unbranched alkanes of at least 4 members (excludes halogenated alkanes) is 1. The minimum Gasteiger partial charge on any atom is -0.310 e. The molecule has 1 rings (SSSR count). The van der Waals surface area contributed by atoms with Crippen LogP contribution in [0.2, 0.25) is 0 Å². The monoisotopic (exact) mass is 330 g/mol. The first-order valence-corrected chi connectivity index (χ1v) is 9.50. The number of thiophene rings is 1. The minimum atomic E-state index is -3.42. The van der Waals surface area contributed by atoms with Crippen molar-refractivity contribution in [2.45, 2.75) is 51.1 Å². The highest BCUT2D eigenvalue weighted by Gasteiger charge is 2.26. The SMILES string of the molecule is C=CCCCN(C)S(=O)(=O)c1c(C)csc1CNC(C)C. The van der Waals surface area contributed by atoms with Crippen molar-refractivity contribution in [3.05, 3.63) is 28.5 Å². The molecule has 0 aliphatic carbocycles. The minimum absolute atomic E-state index is 0.327. The number of hydrogen-bond donors (Lipinski definition) is 1. The van der Waals surface area contributed by atoms with Gasteiger partial charge in [0.15, 0.2) is 0 Å². The first-order chi connectivity index (χ1) is 9.80. The summed E-state index contributed by atoms with van der Waals surface area (Å²) in [6.45, 7) is 10.7. The zero-order chi connectivity index (χ0) is 16.0. The topological polar surface area (TPSA) is 49.4 Å². The highest BCUT2D eigenvalue weighted by atomic mass is 32.2. The van der Waals surface area contributed by atoms with Gasteiger partial charge in [-0.05, 0) is 30.7 Å². The molecule has 120 valence electrons. The normalized spacial score (nSPS) is 12.3. The quantitative estimate of drug-likeness (QED) is 0.559. The molecule has 0 fully saturated rings. The van der Waals surface area contributed by atoms with E-state index in [4.69, 9.17) is 0 Å². The Morgan fingerprint density at radius 1 is 1.48 bits per heavy atom. The number of sulfonamides is 1. The Balaban J connectivity index is 2.96. The van der Waals surface area contributed by atoms with E-state index in [9.17, 15) is 8.42 Å². The van der Waals surface area contributed by atoms with Crippen molar-refractivity contribution in [1.82, 2.24) is 9.62 Å². The predicted octanol–water partition coefficient (Wildman–Crippen LogP) is 3.14. The first kappa shape index (κ1) is 18.4. The second-order valence-electron chi connectivity index (χ2n) is 5.46. The molecule has 1 heterocycles. The van der Waals surface area contributed by atoms with Gasteiger partial charge < -0.3 is 5.32 Å². The maximum atomic E-state index is 12.8. The van der Waals surface area contributed by atoms with Crippen LogP contribution in [-0.2, 0) is 16.6 Å². The van der Waals surface area contributed by atoms with E-state index in [-0.39, 0.29) is 0 Å². The molecule has 0 saturated carbocycles. The number of nitrogens with zero attached hydrogens (tertiary/aromatic N) is 1. The summed E-state index contributed by atoms with van der Waals surface area (Å²) in [6, 6.07) is 0.327. The summed E-state index contributed by atoms with van der Waals surface area (Å²) in [7, 11) is -1.77. The van der Waals surface area contributed by atoms with E-state index in [1.54, 1.807) is 7.05 Å². The maximum absolute atomic E-state index is 12.8. The molecule has 0 amide bonds. The van der Waals surface area contributed by atoms with Gasteiger partial charge in [0.1, 0.15) is 4.90 Å². The molecule has 1 N–H and O–H groups in total. The van der Waals surface area contributed by atoms with Crippen LogP contribution in [0.1, 0.15) is 37.1 Å². The van der Waals surface area contributed by atoms with Gasteiger partial charge in [-0.15, -0.1) is 17.9 Å². The van der Waals surface area contributed by atoms with Crippen molar-refractivity contribution >= 4 is 21.4 Å². The van der Waals surface area contributed by atoms with E-state index < -0.39 is 10.0 Å². The Morgan fingerprint density at radius 2 is 2.14 bits per heavy atom. The molecule has 1 aromatic heterocycles. The van der Waals surface area contributed by atoms with E-state index >= 15 is 0 Å². The molecule has 0 unspecified atom stereocenters. The molecular formula is C15H26N2O2S2. The van der Waals surface area contributed by atoms with Crippen molar-refractivity contribution < 1.29 is 8.42 Å². The fourth-order valence-electron chi connectivity index (χ4n) is 1.99. The maximum Gasteiger partial charge on any atom is 0.244 e. The third-order valence-corrected chi connectivity index (χ3v) is 6.53. The molecular weight excluding hydrogens is 304 g/mol. The van der Waals surface area contributed by atoms with Gasteiger partial charge in [-0.3, -0.25) is 0 Å². The fourth-order valence-corrected chi connectivity index (χ4v) is 4.90. The molecule has 0 aliphatic rings. The lowest BCUT2D eigenvalue weighted by molar-refractivity contribution is 0.461. The van der Waals surface area contributed by atoms with Crippen molar-refractivity contribution in [2.24, 2.45) is 0 Å². The second kappa shape index (κ2) is 8.08. The van der Waals surface area contributed by atoms with Crippen molar-refractivity contribution in [3.8, 4) is 0 Å². The Hall–Kier alpha value is -0.690. The van der Waals surface area contributed by atoms with Crippen LogP contribution in [0.25, 0.3) is 0 Å². The van der Waals surface area contributed by atoms with Crippen LogP contribution in [0, 0.1) is 6.92 Å². The lowest BCUT2D eigenvalue weighted by atomic mass is 10.3. The van der Waals surface area contributed by atoms with E-state index in [2.05, 4.69) is 25.7 Å².